The number of rotatable bonds is 6. The predicted octanol–water partition coefficient (Wildman–Crippen LogP) is 3.78. The Morgan fingerprint density at radius 2 is 1.74 bits per heavy atom. The number of ether oxygens (including phenoxy) is 1. The smallest absolute Gasteiger partial charge is 0.323 e. The van der Waals surface area contributed by atoms with Crippen molar-refractivity contribution in [2.24, 2.45) is 5.10 Å². The summed E-state index contributed by atoms with van der Waals surface area (Å²) in [5.41, 5.74) is 3.00. The summed E-state index contributed by atoms with van der Waals surface area (Å²) in [6, 6.07) is 19.5. The quantitative estimate of drug-likeness (QED) is 0.669. The number of likely N-dealkylation sites (tertiary alicyclic amines) is 1. The lowest BCUT2D eigenvalue weighted by Crippen LogP contribution is -2.49. The molecule has 2 atom stereocenters. The molecule has 1 saturated heterocycles. The van der Waals surface area contributed by atoms with Gasteiger partial charge < -0.3 is 4.74 Å². The van der Waals surface area contributed by atoms with E-state index in [2.05, 4.69) is 0 Å². The van der Waals surface area contributed by atoms with Gasteiger partial charge >= 0.3 is 5.97 Å². The van der Waals surface area contributed by atoms with Crippen molar-refractivity contribution in [1.82, 2.24) is 9.91 Å². The molecule has 162 valence electrons. The molecule has 1 amide bonds. The maximum Gasteiger partial charge on any atom is 0.323 e. The van der Waals surface area contributed by atoms with Gasteiger partial charge in [0.15, 0.2) is 0 Å². The Kier molecular flexibility index (Phi) is 6.77. The Bertz CT molecular complexity index is 930. The average Bonchev–Trinajstić information content (AvgIpc) is 3.26. The third kappa shape index (κ3) is 4.85. The first-order chi connectivity index (χ1) is 15.2. The summed E-state index contributed by atoms with van der Waals surface area (Å²) in [4.78, 5) is 27.8. The number of carbonyl (C=O) groups excluding carboxylic acids is 2. The van der Waals surface area contributed by atoms with Gasteiger partial charge in [-0.1, -0.05) is 67.1 Å². The number of benzene rings is 2. The molecule has 6 heteroatoms. The Morgan fingerprint density at radius 3 is 2.45 bits per heavy atom. The van der Waals surface area contributed by atoms with Crippen LogP contribution in [0.25, 0.3) is 0 Å². The van der Waals surface area contributed by atoms with Crippen LogP contribution in [0, 0.1) is 0 Å². The minimum absolute atomic E-state index is 0.0871. The molecule has 6 nitrogen and oxygen atoms in total. The number of hydrogen-bond acceptors (Lipinski definition) is 5. The van der Waals surface area contributed by atoms with Gasteiger partial charge in [0.05, 0.1) is 24.9 Å². The van der Waals surface area contributed by atoms with Crippen LogP contribution in [-0.4, -0.2) is 53.2 Å². The van der Waals surface area contributed by atoms with Gasteiger partial charge in [0, 0.05) is 6.42 Å². The highest BCUT2D eigenvalue weighted by Gasteiger charge is 2.36. The van der Waals surface area contributed by atoms with E-state index in [4.69, 9.17) is 9.84 Å². The molecule has 0 spiro atoms. The molecule has 31 heavy (non-hydrogen) atoms. The predicted molar refractivity (Wildman–Crippen MR) is 119 cm³/mol. The molecule has 2 aromatic rings. The summed E-state index contributed by atoms with van der Waals surface area (Å²) < 4.78 is 5.25. The van der Waals surface area contributed by atoms with E-state index in [1.54, 1.807) is 5.01 Å². The fourth-order valence-corrected chi connectivity index (χ4v) is 4.41. The minimum Gasteiger partial charge on any atom is -0.465 e. The lowest BCUT2D eigenvalue weighted by molar-refractivity contribution is -0.152. The van der Waals surface area contributed by atoms with Crippen LogP contribution >= 0.6 is 0 Å². The summed E-state index contributed by atoms with van der Waals surface area (Å²) in [5.74, 6) is -0.319. The molecule has 0 saturated carbocycles. The van der Waals surface area contributed by atoms with Crippen LogP contribution < -0.4 is 0 Å². The van der Waals surface area contributed by atoms with Crippen molar-refractivity contribution in [2.45, 2.75) is 44.7 Å². The monoisotopic (exact) mass is 419 g/mol. The summed E-state index contributed by atoms with van der Waals surface area (Å²) in [5, 5.41) is 6.36. The van der Waals surface area contributed by atoms with E-state index in [-0.39, 0.29) is 30.5 Å². The summed E-state index contributed by atoms with van der Waals surface area (Å²) in [6.45, 7) is 3.04. The largest absolute Gasteiger partial charge is 0.465 e. The van der Waals surface area contributed by atoms with Gasteiger partial charge in [0.1, 0.15) is 6.04 Å². The molecule has 0 aliphatic carbocycles. The number of carbonyl (C=O) groups is 2. The van der Waals surface area contributed by atoms with E-state index < -0.39 is 0 Å². The zero-order chi connectivity index (χ0) is 21.6. The molecule has 2 aromatic carbocycles. The third-order valence-corrected chi connectivity index (χ3v) is 5.97. The Morgan fingerprint density at radius 1 is 1.03 bits per heavy atom. The number of esters is 1. The lowest BCUT2D eigenvalue weighted by atomic mass is 9.98. The van der Waals surface area contributed by atoms with Gasteiger partial charge in [0.2, 0.25) is 0 Å². The van der Waals surface area contributed by atoms with Gasteiger partial charge in [0.25, 0.3) is 5.91 Å². The Hall–Kier alpha value is -2.99. The van der Waals surface area contributed by atoms with Crippen molar-refractivity contribution < 1.29 is 14.3 Å². The summed E-state index contributed by atoms with van der Waals surface area (Å²) in [7, 11) is 0. The summed E-state index contributed by atoms with van der Waals surface area (Å²) >= 11 is 0. The van der Waals surface area contributed by atoms with Crippen LogP contribution in [-0.2, 0) is 14.3 Å². The molecule has 0 aromatic heterocycles. The zero-order valence-corrected chi connectivity index (χ0v) is 17.9. The maximum atomic E-state index is 13.4. The third-order valence-electron chi connectivity index (χ3n) is 5.97. The molecule has 2 aliphatic heterocycles. The van der Waals surface area contributed by atoms with Crippen molar-refractivity contribution in [1.29, 1.82) is 0 Å². The van der Waals surface area contributed by atoms with Crippen LogP contribution in [0.4, 0.5) is 0 Å². The summed E-state index contributed by atoms with van der Waals surface area (Å²) in [6.07, 6.45) is 3.35. The van der Waals surface area contributed by atoms with E-state index in [0.29, 0.717) is 19.6 Å². The second kappa shape index (κ2) is 9.88. The highest BCUT2D eigenvalue weighted by molar-refractivity contribution is 6.03. The second-order valence-electron chi connectivity index (χ2n) is 8.02. The van der Waals surface area contributed by atoms with Gasteiger partial charge in [-0.25, -0.2) is 5.01 Å². The van der Waals surface area contributed by atoms with E-state index in [0.717, 1.165) is 36.1 Å². The van der Waals surface area contributed by atoms with E-state index in [9.17, 15) is 9.59 Å². The standard InChI is InChI=1S/C25H29N3O3/c1-2-31-25(30)22-15-9-10-16-27(22)18-24(29)28-23(20-13-7-4-8-14-20)17-21(26-28)19-11-5-3-6-12-19/h3-8,11-14,22-23H,2,9-10,15-18H2,1H3. The molecule has 2 heterocycles. The minimum atomic E-state index is -0.354. The molecule has 0 radical (unpaired) electrons. The first kappa shape index (κ1) is 21.2. The molecule has 2 unspecified atom stereocenters. The SMILES string of the molecule is CCOC(=O)C1CCCCN1CC(=O)N1N=C(c2ccccc2)CC1c1ccccc1. The number of piperidine rings is 1. The van der Waals surface area contributed by atoms with Crippen molar-refractivity contribution in [2.75, 3.05) is 19.7 Å². The molecule has 2 aliphatic rings. The van der Waals surface area contributed by atoms with Gasteiger partial charge in [-0.2, -0.15) is 5.10 Å². The van der Waals surface area contributed by atoms with E-state index >= 15 is 0 Å². The van der Waals surface area contributed by atoms with Crippen molar-refractivity contribution in [3.63, 3.8) is 0 Å². The van der Waals surface area contributed by atoms with Crippen LogP contribution in [0.15, 0.2) is 65.8 Å². The molecule has 4 rings (SSSR count). The van der Waals surface area contributed by atoms with Crippen molar-refractivity contribution in [3.8, 4) is 0 Å². The number of hydrazone groups is 1. The maximum absolute atomic E-state index is 13.4. The molecule has 0 N–H and O–H groups in total. The second-order valence-corrected chi connectivity index (χ2v) is 8.02. The van der Waals surface area contributed by atoms with Gasteiger partial charge in [-0.3, -0.25) is 14.5 Å². The number of nitrogens with zero attached hydrogens (tertiary/aromatic N) is 3. The molecule has 0 bridgehead atoms. The molecule has 1 fully saturated rings. The van der Waals surface area contributed by atoms with Crippen LogP contribution in [0.2, 0.25) is 0 Å². The Labute approximate surface area is 183 Å². The van der Waals surface area contributed by atoms with Gasteiger partial charge in [-0.15, -0.1) is 0 Å². The van der Waals surface area contributed by atoms with Crippen molar-refractivity contribution >= 4 is 17.6 Å². The van der Waals surface area contributed by atoms with E-state index in [1.165, 1.54) is 0 Å². The van der Waals surface area contributed by atoms with Crippen molar-refractivity contribution in [3.05, 3.63) is 71.8 Å². The molecular weight excluding hydrogens is 390 g/mol. The highest BCUT2D eigenvalue weighted by atomic mass is 16.5. The van der Waals surface area contributed by atoms with Gasteiger partial charge in [-0.05, 0) is 37.4 Å². The molecular formula is C25H29N3O3. The first-order valence-electron chi connectivity index (χ1n) is 11.1. The van der Waals surface area contributed by atoms with Crippen LogP contribution in [0.3, 0.4) is 0 Å². The zero-order valence-electron chi connectivity index (χ0n) is 17.9. The first-order valence-corrected chi connectivity index (χ1v) is 11.1. The fourth-order valence-electron chi connectivity index (χ4n) is 4.41. The topological polar surface area (TPSA) is 62.2 Å². The van der Waals surface area contributed by atoms with Crippen LogP contribution in [0.5, 0.6) is 0 Å². The van der Waals surface area contributed by atoms with E-state index in [1.807, 2.05) is 72.5 Å². The normalized spacial score (nSPS) is 21.6. The fraction of sp³-hybridized carbons (Fsp3) is 0.400. The Balaban J connectivity index is 1.57. The van der Waals surface area contributed by atoms with Crippen LogP contribution in [0.1, 0.15) is 49.8 Å². The average molecular weight is 420 g/mol. The number of hydrogen-bond donors (Lipinski definition) is 0. The lowest BCUT2D eigenvalue weighted by Gasteiger charge is -2.34. The highest BCUT2D eigenvalue weighted by Crippen LogP contribution is 2.33. The number of amides is 1.